The van der Waals surface area contributed by atoms with Crippen molar-refractivity contribution in [3.05, 3.63) is 5.88 Å². The van der Waals surface area contributed by atoms with Gasteiger partial charge < -0.3 is 5.32 Å². The number of amides is 1. The summed E-state index contributed by atoms with van der Waals surface area (Å²) in [7, 11) is 0. The van der Waals surface area contributed by atoms with Gasteiger partial charge in [-0.2, -0.15) is 0 Å². The van der Waals surface area contributed by atoms with Crippen LogP contribution in [0.3, 0.4) is 0 Å². The van der Waals surface area contributed by atoms with Crippen LogP contribution in [0.15, 0.2) is 0 Å². The highest BCUT2D eigenvalue weighted by Crippen LogP contribution is 2.30. The molecule has 0 aromatic heterocycles. The quantitative estimate of drug-likeness (QED) is 0.524. The Bertz CT molecular complexity index is 122. The zero-order valence-electron chi connectivity index (χ0n) is 4.89. The van der Waals surface area contributed by atoms with Crippen molar-refractivity contribution < 1.29 is 4.79 Å². The van der Waals surface area contributed by atoms with Crippen molar-refractivity contribution in [3.63, 3.8) is 0 Å². The number of rotatable bonds is 0. The molecule has 0 aliphatic carbocycles. The zero-order chi connectivity index (χ0) is 6.20. The SMILES string of the molecule is CC1(C)S[CH]NC1=O. The molecular weight excluding hydrogens is 122 g/mol. The van der Waals surface area contributed by atoms with Gasteiger partial charge in [0, 0.05) is 0 Å². The summed E-state index contributed by atoms with van der Waals surface area (Å²) in [5.74, 6) is 1.82. The monoisotopic (exact) mass is 130 g/mol. The normalized spacial score (nSPS) is 25.5. The first-order valence-corrected chi connectivity index (χ1v) is 3.31. The third-order valence-corrected chi connectivity index (χ3v) is 2.10. The van der Waals surface area contributed by atoms with Gasteiger partial charge in [0.25, 0.3) is 0 Å². The summed E-state index contributed by atoms with van der Waals surface area (Å²) in [6.07, 6.45) is 0. The second kappa shape index (κ2) is 1.65. The molecule has 0 atom stereocenters. The van der Waals surface area contributed by atoms with Crippen molar-refractivity contribution in [3.8, 4) is 0 Å². The second-order valence-corrected chi connectivity index (χ2v) is 3.71. The van der Waals surface area contributed by atoms with E-state index in [0.29, 0.717) is 0 Å². The van der Waals surface area contributed by atoms with Gasteiger partial charge in [0.05, 0.1) is 4.75 Å². The lowest BCUT2D eigenvalue weighted by Crippen LogP contribution is -2.29. The Hall–Kier alpha value is -0.180. The number of nitrogens with one attached hydrogen (secondary N) is 1. The molecule has 0 aromatic carbocycles. The van der Waals surface area contributed by atoms with Crippen molar-refractivity contribution in [1.29, 1.82) is 0 Å². The highest BCUT2D eigenvalue weighted by Gasteiger charge is 2.33. The Kier molecular flexibility index (Phi) is 1.23. The molecule has 0 aromatic rings. The average molecular weight is 130 g/mol. The van der Waals surface area contributed by atoms with E-state index in [4.69, 9.17) is 0 Å². The van der Waals surface area contributed by atoms with Crippen LogP contribution in [-0.4, -0.2) is 10.7 Å². The molecule has 1 aliphatic heterocycles. The number of hydrogen-bond donors (Lipinski definition) is 1. The molecule has 1 saturated heterocycles. The molecule has 0 spiro atoms. The van der Waals surface area contributed by atoms with Gasteiger partial charge in [0.1, 0.15) is 5.88 Å². The van der Waals surface area contributed by atoms with E-state index in [1.165, 1.54) is 11.8 Å². The molecule has 1 rings (SSSR count). The molecule has 8 heavy (non-hydrogen) atoms. The van der Waals surface area contributed by atoms with Crippen LogP contribution in [0.2, 0.25) is 0 Å². The van der Waals surface area contributed by atoms with E-state index in [9.17, 15) is 4.79 Å². The van der Waals surface area contributed by atoms with E-state index in [1.807, 2.05) is 13.8 Å². The van der Waals surface area contributed by atoms with Crippen LogP contribution >= 0.6 is 11.8 Å². The summed E-state index contributed by atoms with van der Waals surface area (Å²) in [4.78, 5) is 10.7. The molecule has 3 heteroatoms. The van der Waals surface area contributed by atoms with Crippen LogP contribution in [-0.2, 0) is 4.79 Å². The Morgan fingerprint density at radius 2 is 2.38 bits per heavy atom. The number of carbonyl (C=O) groups excluding carboxylic acids is 1. The summed E-state index contributed by atoms with van der Waals surface area (Å²) in [6, 6.07) is 0. The van der Waals surface area contributed by atoms with Crippen LogP contribution in [0.25, 0.3) is 0 Å². The average Bonchev–Trinajstić information content (AvgIpc) is 1.86. The summed E-state index contributed by atoms with van der Waals surface area (Å²) in [5, 5.41) is 2.61. The van der Waals surface area contributed by atoms with E-state index >= 15 is 0 Å². The molecule has 1 amide bonds. The molecule has 45 valence electrons. The first-order valence-electron chi connectivity index (χ1n) is 2.43. The highest BCUT2D eigenvalue weighted by atomic mass is 32.2. The number of carbonyl (C=O) groups is 1. The van der Waals surface area contributed by atoms with Gasteiger partial charge in [-0.3, -0.25) is 4.79 Å². The lowest BCUT2D eigenvalue weighted by Gasteiger charge is -2.09. The van der Waals surface area contributed by atoms with Gasteiger partial charge in [-0.15, -0.1) is 11.8 Å². The van der Waals surface area contributed by atoms with Crippen LogP contribution in [0.5, 0.6) is 0 Å². The van der Waals surface area contributed by atoms with Crippen molar-refractivity contribution in [1.82, 2.24) is 5.32 Å². The number of thioether (sulfide) groups is 1. The largest absolute Gasteiger partial charge is 0.340 e. The van der Waals surface area contributed by atoms with E-state index < -0.39 is 0 Å². The van der Waals surface area contributed by atoms with E-state index in [0.717, 1.165) is 0 Å². The molecular formula is C5H8NOS. The lowest BCUT2D eigenvalue weighted by molar-refractivity contribution is -0.121. The van der Waals surface area contributed by atoms with Gasteiger partial charge in [0.2, 0.25) is 5.91 Å². The Labute approximate surface area is 53.0 Å². The van der Waals surface area contributed by atoms with Gasteiger partial charge in [-0.1, -0.05) is 0 Å². The topological polar surface area (TPSA) is 29.1 Å². The smallest absolute Gasteiger partial charge is 0.236 e. The fourth-order valence-corrected chi connectivity index (χ4v) is 1.08. The molecule has 0 unspecified atom stereocenters. The number of hydrogen-bond acceptors (Lipinski definition) is 2. The van der Waals surface area contributed by atoms with Gasteiger partial charge in [0.15, 0.2) is 0 Å². The van der Waals surface area contributed by atoms with Gasteiger partial charge >= 0.3 is 0 Å². The summed E-state index contributed by atoms with van der Waals surface area (Å²) in [5.41, 5.74) is 0. The van der Waals surface area contributed by atoms with Crippen LogP contribution in [0.4, 0.5) is 0 Å². The second-order valence-electron chi connectivity index (χ2n) is 2.22. The van der Waals surface area contributed by atoms with Crippen LogP contribution < -0.4 is 5.32 Å². The molecule has 1 N–H and O–H groups in total. The third-order valence-electron chi connectivity index (χ3n) is 1.09. The standard InChI is InChI=1S/C5H8NOS/c1-5(2)4(7)6-3-8-5/h3H,1-2H3,(H,6,7). The van der Waals surface area contributed by atoms with E-state index in [2.05, 4.69) is 5.32 Å². The summed E-state index contributed by atoms with van der Waals surface area (Å²) < 4.78 is -0.236. The summed E-state index contributed by atoms with van der Waals surface area (Å²) in [6.45, 7) is 3.80. The zero-order valence-corrected chi connectivity index (χ0v) is 5.71. The lowest BCUT2D eigenvalue weighted by atomic mass is 10.2. The van der Waals surface area contributed by atoms with Crippen molar-refractivity contribution >= 4 is 17.7 Å². The highest BCUT2D eigenvalue weighted by molar-refractivity contribution is 8.03. The minimum Gasteiger partial charge on any atom is -0.340 e. The van der Waals surface area contributed by atoms with Gasteiger partial charge in [-0.05, 0) is 13.8 Å². The van der Waals surface area contributed by atoms with Gasteiger partial charge in [-0.25, -0.2) is 0 Å². The maximum Gasteiger partial charge on any atom is 0.236 e. The maximum atomic E-state index is 10.7. The Balaban J connectivity index is 2.68. The molecule has 1 aliphatic rings. The molecule has 0 saturated carbocycles. The third kappa shape index (κ3) is 0.823. The van der Waals surface area contributed by atoms with E-state index in [-0.39, 0.29) is 10.7 Å². The first-order chi connectivity index (χ1) is 3.63. The molecule has 1 fully saturated rings. The van der Waals surface area contributed by atoms with Crippen LogP contribution in [0, 0.1) is 5.88 Å². The fourth-order valence-electron chi connectivity index (χ4n) is 0.458. The predicted molar refractivity (Wildman–Crippen MR) is 34.1 cm³/mol. The minimum absolute atomic E-state index is 0.0995. The minimum atomic E-state index is -0.236. The fraction of sp³-hybridized carbons (Fsp3) is 0.600. The maximum absolute atomic E-state index is 10.7. The van der Waals surface area contributed by atoms with Crippen molar-refractivity contribution in [2.45, 2.75) is 18.6 Å². The molecule has 1 heterocycles. The van der Waals surface area contributed by atoms with Crippen molar-refractivity contribution in [2.75, 3.05) is 0 Å². The van der Waals surface area contributed by atoms with E-state index in [1.54, 1.807) is 5.88 Å². The Morgan fingerprint density at radius 1 is 1.75 bits per heavy atom. The van der Waals surface area contributed by atoms with Crippen LogP contribution in [0.1, 0.15) is 13.8 Å². The molecule has 0 bridgehead atoms. The predicted octanol–water partition coefficient (Wildman–Crippen LogP) is 0.747. The molecule has 2 nitrogen and oxygen atoms in total. The molecule has 1 radical (unpaired) electrons. The first kappa shape index (κ1) is 5.95. The Morgan fingerprint density at radius 3 is 2.50 bits per heavy atom. The van der Waals surface area contributed by atoms with Crippen molar-refractivity contribution in [2.24, 2.45) is 0 Å². The summed E-state index contributed by atoms with van der Waals surface area (Å²) >= 11 is 1.52.